The van der Waals surface area contributed by atoms with E-state index < -0.39 is 0 Å². The number of aliphatic hydroxyl groups excluding tert-OH is 1. The van der Waals surface area contributed by atoms with E-state index in [2.05, 4.69) is 10.2 Å². The number of ketones is 1. The van der Waals surface area contributed by atoms with Crippen molar-refractivity contribution in [3.8, 4) is 0 Å². The Bertz CT molecular complexity index is 126. The Balaban J connectivity index is 3.05. The molecular weight excluding hydrogens is 156 g/mol. The molecule has 0 aliphatic carbocycles. The SMILES string of the molecule is CN(C)CCCNCC(=O)CO. The lowest BCUT2D eigenvalue weighted by Gasteiger charge is -2.08. The van der Waals surface area contributed by atoms with Crippen molar-refractivity contribution < 1.29 is 9.90 Å². The van der Waals surface area contributed by atoms with Crippen LogP contribution in [0.4, 0.5) is 0 Å². The van der Waals surface area contributed by atoms with E-state index in [0.29, 0.717) is 0 Å². The standard InChI is InChI=1S/C8H18N2O2/c1-10(2)5-3-4-9-6-8(12)7-11/h9,11H,3-7H2,1-2H3. The summed E-state index contributed by atoms with van der Waals surface area (Å²) >= 11 is 0. The maximum Gasteiger partial charge on any atom is 0.171 e. The first-order valence-corrected chi connectivity index (χ1v) is 4.15. The minimum absolute atomic E-state index is 0.153. The van der Waals surface area contributed by atoms with Crippen molar-refractivity contribution in [1.82, 2.24) is 10.2 Å². The largest absolute Gasteiger partial charge is 0.389 e. The lowest BCUT2D eigenvalue weighted by atomic mass is 10.3. The third kappa shape index (κ3) is 7.65. The lowest BCUT2D eigenvalue weighted by molar-refractivity contribution is -0.120. The molecule has 4 nitrogen and oxygen atoms in total. The molecule has 0 unspecified atom stereocenters. The minimum atomic E-state index is -0.360. The van der Waals surface area contributed by atoms with Crippen molar-refractivity contribution >= 4 is 5.78 Å². The number of nitrogens with zero attached hydrogens (tertiary/aromatic N) is 1. The van der Waals surface area contributed by atoms with Crippen LogP contribution in [0.15, 0.2) is 0 Å². The first-order valence-electron chi connectivity index (χ1n) is 4.15. The highest BCUT2D eigenvalue weighted by Gasteiger charge is 1.97. The molecule has 0 fully saturated rings. The van der Waals surface area contributed by atoms with Gasteiger partial charge < -0.3 is 15.3 Å². The molecule has 0 aromatic rings. The summed E-state index contributed by atoms with van der Waals surface area (Å²) in [6, 6.07) is 0. The Hall–Kier alpha value is -0.450. The molecule has 0 saturated heterocycles. The normalized spacial score (nSPS) is 10.7. The molecule has 0 spiro atoms. The number of nitrogens with one attached hydrogen (secondary N) is 1. The van der Waals surface area contributed by atoms with E-state index in [1.807, 2.05) is 14.1 Å². The Kier molecular flexibility index (Phi) is 6.94. The van der Waals surface area contributed by atoms with Crippen molar-refractivity contribution in [2.24, 2.45) is 0 Å². The summed E-state index contributed by atoms with van der Waals surface area (Å²) in [7, 11) is 4.03. The van der Waals surface area contributed by atoms with Crippen molar-refractivity contribution in [2.75, 3.05) is 40.3 Å². The van der Waals surface area contributed by atoms with Gasteiger partial charge in [-0.3, -0.25) is 4.79 Å². The molecule has 4 heteroatoms. The summed E-state index contributed by atoms with van der Waals surface area (Å²) in [5.41, 5.74) is 0. The first kappa shape index (κ1) is 11.6. The van der Waals surface area contributed by atoms with Crippen LogP contribution in [0.5, 0.6) is 0 Å². The monoisotopic (exact) mass is 174 g/mol. The Morgan fingerprint density at radius 3 is 2.67 bits per heavy atom. The van der Waals surface area contributed by atoms with Crippen LogP contribution in [-0.4, -0.2) is 56.1 Å². The lowest BCUT2D eigenvalue weighted by Crippen LogP contribution is -2.27. The second kappa shape index (κ2) is 7.21. The fourth-order valence-electron chi connectivity index (χ4n) is 0.804. The number of hydrogen-bond donors (Lipinski definition) is 2. The molecular formula is C8H18N2O2. The van der Waals surface area contributed by atoms with Gasteiger partial charge in [0.1, 0.15) is 6.61 Å². The van der Waals surface area contributed by atoms with Crippen molar-refractivity contribution in [3.05, 3.63) is 0 Å². The van der Waals surface area contributed by atoms with E-state index in [1.165, 1.54) is 0 Å². The zero-order valence-corrected chi connectivity index (χ0v) is 7.84. The number of hydrogen-bond acceptors (Lipinski definition) is 4. The molecule has 0 rings (SSSR count). The van der Waals surface area contributed by atoms with Crippen molar-refractivity contribution in [3.63, 3.8) is 0 Å². The van der Waals surface area contributed by atoms with Gasteiger partial charge in [0.25, 0.3) is 0 Å². The topological polar surface area (TPSA) is 52.6 Å². The summed E-state index contributed by atoms with van der Waals surface area (Å²) in [5, 5.41) is 11.3. The highest BCUT2D eigenvalue weighted by Crippen LogP contribution is 1.80. The number of rotatable bonds is 7. The van der Waals surface area contributed by atoms with Crippen molar-refractivity contribution in [1.29, 1.82) is 0 Å². The predicted molar refractivity (Wildman–Crippen MR) is 48.1 cm³/mol. The van der Waals surface area contributed by atoms with Crippen LogP contribution in [-0.2, 0) is 4.79 Å². The smallest absolute Gasteiger partial charge is 0.171 e. The van der Waals surface area contributed by atoms with Crippen LogP contribution in [0.25, 0.3) is 0 Å². The molecule has 2 N–H and O–H groups in total. The van der Waals surface area contributed by atoms with Crippen molar-refractivity contribution in [2.45, 2.75) is 6.42 Å². The summed E-state index contributed by atoms with van der Waals surface area (Å²) < 4.78 is 0. The van der Waals surface area contributed by atoms with Gasteiger partial charge in [-0.25, -0.2) is 0 Å². The van der Waals surface area contributed by atoms with Gasteiger partial charge in [0.05, 0.1) is 6.54 Å². The van der Waals surface area contributed by atoms with Gasteiger partial charge in [0.2, 0.25) is 0 Å². The summed E-state index contributed by atoms with van der Waals surface area (Å²) in [6.45, 7) is 1.76. The second-order valence-electron chi connectivity index (χ2n) is 3.03. The van der Waals surface area contributed by atoms with Gasteiger partial charge >= 0.3 is 0 Å². The molecule has 0 saturated carbocycles. The fraction of sp³-hybridized carbons (Fsp3) is 0.875. The molecule has 0 aliphatic heterocycles. The number of aliphatic hydroxyl groups is 1. The van der Waals surface area contributed by atoms with Crippen LogP contribution in [0.1, 0.15) is 6.42 Å². The average molecular weight is 174 g/mol. The van der Waals surface area contributed by atoms with E-state index in [9.17, 15) is 4.79 Å². The van der Waals surface area contributed by atoms with Gasteiger partial charge in [-0.05, 0) is 33.6 Å². The maximum absolute atomic E-state index is 10.6. The maximum atomic E-state index is 10.6. The third-order valence-electron chi connectivity index (χ3n) is 1.46. The summed E-state index contributed by atoms with van der Waals surface area (Å²) in [6.07, 6.45) is 1.02. The van der Waals surface area contributed by atoms with E-state index in [-0.39, 0.29) is 18.9 Å². The Morgan fingerprint density at radius 1 is 1.50 bits per heavy atom. The van der Waals surface area contributed by atoms with Gasteiger partial charge in [-0.15, -0.1) is 0 Å². The quantitative estimate of drug-likeness (QED) is 0.491. The summed E-state index contributed by atoms with van der Waals surface area (Å²) in [4.78, 5) is 12.7. The highest BCUT2D eigenvalue weighted by atomic mass is 16.3. The molecule has 72 valence electrons. The second-order valence-corrected chi connectivity index (χ2v) is 3.03. The number of Topliss-reactive ketones (excluding diaryl/α,β-unsaturated/α-hetero) is 1. The third-order valence-corrected chi connectivity index (χ3v) is 1.46. The van der Waals surface area contributed by atoms with E-state index in [1.54, 1.807) is 0 Å². The van der Waals surface area contributed by atoms with Crippen LogP contribution in [0, 0.1) is 0 Å². The predicted octanol–water partition coefficient (Wildman–Crippen LogP) is -0.911. The number of carbonyl (C=O) groups is 1. The van der Waals surface area contributed by atoms with E-state index in [0.717, 1.165) is 19.5 Å². The van der Waals surface area contributed by atoms with Gasteiger partial charge in [0.15, 0.2) is 5.78 Å². The van der Waals surface area contributed by atoms with E-state index in [4.69, 9.17) is 5.11 Å². The van der Waals surface area contributed by atoms with Crippen LogP contribution >= 0.6 is 0 Å². The minimum Gasteiger partial charge on any atom is -0.389 e. The zero-order valence-electron chi connectivity index (χ0n) is 7.84. The molecule has 0 aliphatic rings. The van der Waals surface area contributed by atoms with Gasteiger partial charge in [-0.1, -0.05) is 0 Å². The van der Waals surface area contributed by atoms with Gasteiger partial charge in [0, 0.05) is 0 Å². The molecule has 0 heterocycles. The van der Waals surface area contributed by atoms with Gasteiger partial charge in [-0.2, -0.15) is 0 Å². The molecule has 0 aromatic carbocycles. The first-order chi connectivity index (χ1) is 5.66. The molecule has 0 aromatic heterocycles. The highest BCUT2D eigenvalue weighted by molar-refractivity contribution is 5.81. The Morgan fingerprint density at radius 2 is 2.17 bits per heavy atom. The Labute approximate surface area is 73.6 Å². The molecule has 0 bridgehead atoms. The summed E-state index contributed by atoms with van der Waals surface area (Å²) in [5.74, 6) is -0.153. The molecule has 0 atom stereocenters. The fourth-order valence-corrected chi connectivity index (χ4v) is 0.804. The molecule has 0 radical (unpaired) electrons. The van der Waals surface area contributed by atoms with E-state index >= 15 is 0 Å². The number of carbonyl (C=O) groups excluding carboxylic acids is 1. The molecule has 0 amide bonds. The van der Waals surface area contributed by atoms with Crippen LogP contribution in [0.3, 0.4) is 0 Å². The zero-order chi connectivity index (χ0) is 9.40. The molecule has 12 heavy (non-hydrogen) atoms. The van der Waals surface area contributed by atoms with Crippen LogP contribution in [0.2, 0.25) is 0 Å². The average Bonchev–Trinajstić information content (AvgIpc) is 2.03. The van der Waals surface area contributed by atoms with Crippen LogP contribution < -0.4 is 5.32 Å².